The molecular formula is C9H10N4O2S2. The van der Waals surface area contributed by atoms with Gasteiger partial charge in [-0.05, 0) is 11.3 Å². The zero-order valence-electron chi connectivity index (χ0n) is 9.34. The first-order valence-electron chi connectivity index (χ1n) is 5.04. The van der Waals surface area contributed by atoms with Crippen molar-refractivity contribution in [3.8, 4) is 0 Å². The fourth-order valence-corrected chi connectivity index (χ4v) is 3.43. The predicted octanol–water partition coefficient (Wildman–Crippen LogP) is 0.0402. The van der Waals surface area contributed by atoms with Gasteiger partial charge in [0.15, 0.2) is 10.3 Å². The lowest BCUT2D eigenvalue weighted by molar-refractivity contribution is 0.600. The van der Waals surface area contributed by atoms with Crippen molar-refractivity contribution < 1.29 is 4.55 Å². The lowest BCUT2D eigenvalue weighted by Gasteiger charge is -2.08. The summed E-state index contributed by atoms with van der Waals surface area (Å²) in [6, 6.07) is 0. The van der Waals surface area contributed by atoms with Crippen LogP contribution >= 0.6 is 11.3 Å². The molecule has 17 heavy (non-hydrogen) atoms. The second kappa shape index (κ2) is 3.69. The zero-order valence-corrected chi connectivity index (χ0v) is 11.0. The van der Waals surface area contributed by atoms with Crippen molar-refractivity contribution in [2.45, 2.75) is 10.9 Å². The summed E-state index contributed by atoms with van der Waals surface area (Å²) in [6.45, 7) is 1.42. The predicted molar refractivity (Wildman–Crippen MR) is 67.3 cm³/mol. The van der Waals surface area contributed by atoms with Crippen LogP contribution in [-0.4, -0.2) is 38.9 Å². The molecule has 2 aromatic rings. The molecule has 0 spiro atoms. The van der Waals surface area contributed by atoms with Crippen LogP contribution in [0.5, 0.6) is 0 Å². The fraction of sp³-hybridized carbons (Fsp3) is 0.444. The minimum absolute atomic E-state index is 0.137. The Bertz CT molecular complexity index is 648. The number of fused-ring (bicyclic) bond motifs is 2. The molecular weight excluding hydrogens is 260 g/mol. The fourth-order valence-electron chi connectivity index (χ4n) is 1.84. The maximum absolute atomic E-state index is 12.1. The van der Waals surface area contributed by atoms with Gasteiger partial charge in [0.05, 0.1) is 0 Å². The average Bonchev–Trinajstić information content (AvgIpc) is 2.85. The van der Waals surface area contributed by atoms with Crippen LogP contribution < -0.4 is 10.5 Å². The molecule has 0 saturated heterocycles. The Kier molecular flexibility index (Phi) is 2.39. The molecule has 1 atom stereocenters. The highest BCUT2D eigenvalue weighted by Gasteiger charge is 2.24. The zero-order chi connectivity index (χ0) is 12.2. The number of anilines is 1. The van der Waals surface area contributed by atoms with Crippen LogP contribution in [0.15, 0.2) is 9.13 Å². The minimum atomic E-state index is -1.17. The second-order valence-corrected chi connectivity index (χ2v) is 6.41. The summed E-state index contributed by atoms with van der Waals surface area (Å²) in [5, 5.41) is 0. The molecule has 1 aliphatic rings. The molecule has 3 heterocycles. The van der Waals surface area contributed by atoms with Gasteiger partial charge < -0.3 is 9.45 Å². The Balaban J connectivity index is 2.32. The Labute approximate surface area is 104 Å². The summed E-state index contributed by atoms with van der Waals surface area (Å²) < 4.78 is 13.4. The highest BCUT2D eigenvalue weighted by Crippen LogP contribution is 2.25. The molecule has 8 heteroatoms. The normalized spacial score (nSPS) is 16.5. The highest BCUT2D eigenvalue weighted by molar-refractivity contribution is 7.92. The number of likely N-dealkylation sites (N-methyl/N-ethyl adjacent to an activating group) is 1. The third-order valence-corrected chi connectivity index (χ3v) is 5.01. The van der Waals surface area contributed by atoms with Gasteiger partial charge in [0.25, 0.3) is 5.56 Å². The number of thiazole rings is 1. The number of hydrogen-bond donors (Lipinski definition) is 0. The Morgan fingerprint density at radius 2 is 2.18 bits per heavy atom. The molecule has 3 rings (SSSR count). The Morgan fingerprint density at radius 3 is 2.88 bits per heavy atom. The highest BCUT2D eigenvalue weighted by atomic mass is 32.2. The van der Waals surface area contributed by atoms with Gasteiger partial charge in [-0.3, -0.25) is 9.36 Å². The number of rotatable bonds is 1. The quantitative estimate of drug-likeness (QED) is 0.684. The molecule has 0 radical (unpaired) electrons. The van der Waals surface area contributed by atoms with Gasteiger partial charge in [-0.15, -0.1) is 0 Å². The largest absolute Gasteiger partial charge is 0.610 e. The van der Waals surface area contributed by atoms with Gasteiger partial charge in [-0.2, -0.15) is 4.98 Å². The van der Waals surface area contributed by atoms with Crippen LogP contribution in [0.1, 0.15) is 0 Å². The van der Waals surface area contributed by atoms with E-state index in [-0.39, 0.29) is 5.56 Å². The summed E-state index contributed by atoms with van der Waals surface area (Å²) in [4.78, 5) is 23.2. The minimum Gasteiger partial charge on any atom is -0.610 e. The first-order chi connectivity index (χ1) is 8.08. The molecule has 1 aliphatic heterocycles. The van der Waals surface area contributed by atoms with E-state index in [1.165, 1.54) is 11.3 Å². The Hall–Kier alpha value is -1.12. The molecule has 2 aromatic heterocycles. The van der Waals surface area contributed by atoms with E-state index in [9.17, 15) is 9.35 Å². The summed E-state index contributed by atoms with van der Waals surface area (Å²) in [5.74, 6) is 0.666. The van der Waals surface area contributed by atoms with Crippen molar-refractivity contribution in [2.75, 3.05) is 24.7 Å². The summed E-state index contributed by atoms with van der Waals surface area (Å²) >= 11 is 0.0551. The maximum atomic E-state index is 12.1. The van der Waals surface area contributed by atoms with Crippen molar-refractivity contribution in [1.29, 1.82) is 0 Å². The van der Waals surface area contributed by atoms with Crippen molar-refractivity contribution in [2.24, 2.45) is 0 Å². The van der Waals surface area contributed by atoms with Crippen molar-refractivity contribution in [1.82, 2.24) is 14.5 Å². The summed E-state index contributed by atoms with van der Waals surface area (Å²) in [7, 11) is 1.90. The Morgan fingerprint density at radius 1 is 1.41 bits per heavy atom. The number of aromatic nitrogens is 3. The van der Waals surface area contributed by atoms with E-state index in [0.29, 0.717) is 27.2 Å². The monoisotopic (exact) mass is 270 g/mol. The first kappa shape index (κ1) is 11.0. The first-order valence-corrected chi connectivity index (χ1v) is 7.41. The van der Waals surface area contributed by atoms with Gasteiger partial charge in [0, 0.05) is 31.3 Å². The van der Waals surface area contributed by atoms with Crippen LogP contribution in [0.25, 0.3) is 10.3 Å². The number of nitrogens with zero attached hydrogens (tertiary/aromatic N) is 4. The van der Waals surface area contributed by atoms with Gasteiger partial charge in [-0.25, -0.2) is 4.98 Å². The molecule has 90 valence electrons. The molecule has 0 amide bonds. The van der Waals surface area contributed by atoms with E-state index < -0.39 is 11.2 Å². The smallest absolute Gasteiger partial charge is 0.304 e. The van der Waals surface area contributed by atoms with Gasteiger partial charge in [0.2, 0.25) is 5.95 Å². The summed E-state index contributed by atoms with van der Waals surface area (Å²) in [6.07, 6.45) is 1.55. The molecule has 0 N–H and O–H groups in total. The third kappa shape index (κ3) is 1.55. The van der Waals surface area contributed by atoms with Crippen LogP contribution in [-0.2, 0) is 17.7 Å². The maximum Gasteiger partial charge on any atom is 0.304 e. The number of hydrogen-bond acceptors (Lipinski definition) is 6. The molecule has 1 unspecified atom stereocenters. The van der Waals surface area contributed by atoms with E-state index in [1.54, 1.807) is 10.8 Å². The van der Waals surface area contributed by atoms with Crippen molar-refractivity contribution in [3.63, 3.8) is 0 Å². The molecule has 0 fully saturated rings. The molecule has 0 aromatic carbocycles. The van der Waals surface area contributed by atoms with Gasteiger partial charge >= 0.3 is 4.34 Å². The molecule has 0 aliphatic carbocycles. The van der Waals surface area contributed by atoms with Gasteiger partial charge in [0.1, 0.15) is 6.26 Å². The van der Waals surface area contributed by atoms with E-state index in [2.05, 4.69) is 9.97 Å². The molecule has 0 saturated carbocycles. The second-order valence-electron chi connectivity index (χ2n) is 3.88. The third-order valence-electron chi connectivity index (χ3n) is 2.73. The van der Waals surface area contributed by atoms with Crippen LogP contribution in [0, 0.1) is 0 Å². The average molecular weight is 270 g/mol. The van der Waals surface area contributed by atoms with Crippen molar-refractivity contribution >= 4 is 38.8 Å². The molecule has 0 bridgehead atoms. The van der Waals surface area contributed by atoms with Crippen LogP contribution in [0.2, 0.25) is 0 Å². The SMILES string of the molecule is CN1CCn2c1nc1sc([S+](C)[O-])nc1c2=O. The van der Waals surface area contributed by atoms with Crippen LogP contribution in [0.4, 0.5) is 5.95 Å². The van der Waals surface area contributed by atoms with E-state index in [0.717, 1.165) is 6.54 Å². The standard InChI is InChI=1S/C9H10N4O2S2/c1-12-3-4-13-7(14)5-6(11-8(12)13)16-9(10-5)17(2)15/h3-4H2,1-2H3. The van der Waals surface area contributed by atoms with E-state index in [1.807, 2.05) is 11.9 Å². The van der Waals surface area contributed by atoms with Gasteiger partial charge in [-0.1, -0.05) is 0 Å². The topological polar surface area (TPSA) is 74.1 Å². The van der Waals surface area contributed by atoms with E-state index >= 15 is 0 Å². The molecule has 6 nitrogen and oxygen atoms in total. The lowest BCUT2D eigenvalue weighted by Crippen LogP contribution is -2.20. The summed E-state index contributed by atoms with van der Waals surface area (Å²) in [5.41, 5.74) is 0.196. The van der Waals surface area contributed by atoms with Crippen LogP contribution in [0.3, 0.4) is 0 Å². The lowest BCUT2D eigenvalue weighted by atomic mass is 10.5. The van der Waals surface area contributed by atoms with Crippen molar-refractivity contribution in [3.05, 3.63) is 10.4 Å². The van der Waals surface area contributed by atoms with E-state index in [4.69, 9.17) is 0 Å².